The molecule has 1 heterocycles. The summed E-state index contributed by atoms with van der Waals surface area (Å²) in [7, 11) is 0. The number of carbonyl (C=O) groups is 2. The fraction of sp³-hybridized carbons (Fsp3) is 0.320. The summed E-state index contributed by atoms with van der Waals surface area (Å²) >= 11 is 0. The number of aliphatic hydroxyl groups is 1. The number of benzene rings is 2. The zero-order chi connectivity index (χ0) is 22.6. The van der Waals surface area contributed by atoms with Crippen molar-refractivity contribution < 1.29 is 14.7 Å². The van der Waals surface area contributed by atoms with Crippen LogP contribution in [0.4, 0.5) is 5.69 Å². The third-order valence-corrected chi connectivity index (χ3v) is 5.01. The standard InChI is InChI=1S/C25H29N3O3/c1-4-11-28(16-25(2,3)31)24(30)21-12-20-10-9-19(13-22(20)27-23(26)14-21)18-7-5-17(15-29)6-8-18/h5-10,12-13,15,31H,4,11,14,16H2,1-3H3,(H2,26,27). The molecule has 1 amide bonds. The van der Waals surface area contributed by atoms with Gasteiger partial charge in [0, 0.05) is 36.2 Å². The third kappa shape index (κ3) is 5.67. The molecule has 0 spiro atoms. The molecule has 0 aliphatic carbocycles. The van der Waals surface area contributed by atoms with E-state index < -0.39 is 5.60 Å². The van der Waals surface area contributed by atoms with Crippen LogP contribution in [0.1, 0.15) is 49.5 Å². The Kier molecular flexibility index (Phi) is 6.71. The molecule has 162 valence electrons. The molecular formula is C25H29N3O3. The summed E-state index contributed by atoms with van der Waals surface area (Å²) in [5.74, 6) is 0.231. The summed E-state index contributed by atoms with van der Waals surface area (Å²) in [6.07, 6.45) is 3.70. The third-order valence-electron chi connectivity index (χ3n) is 5.01. The second kappa shape index (κ2) is 9.27. The van der Waals surface area contributed by atoms with Gasteiger partial charge >= 0.3 is 0 Å². The van der Waals surface area contributed by atoms with E-state index in [1.54, 1.807) is 30.9 Å². The molecule has 31 heavy (non-hydrogen) atoms. The average molecular weight is 420 g/mol. The fourth-order valence-electron chi connectivity index (χ4n) is 3.65. The quantitative estimate of drug-likeness (QED) is 0.664. The minimum atomic E-state index is -0.984. The van der Waals surface area contributed by atoms with Gasteiger partial charge < -0.3 is 15.7 Å². The molecule has 2 aromatic carbocycles. The Morgan fingerprint density at radius 2 is 1.87 bits per heavy atom. The van der Waals surface area contributed by atoms with Crippen LogP contribution < -0.4 is 5.73 Å². The molecule has 0 fully saturated rings. The van der Waals surface area contributed by atoms with E-state index in [9.17, 15) is 14.7 Å². The SMILES string of the molecule is CCCN(CC(C)(C)O)C(=O)C1=Cc2ccc(-c3ccc(C=O)cc3)cc2N=C(N)C1. The zero-order valence-corrected chi connectivity index (χ0v) is 18.3. The Bertz CT molecular complexity index is 1030. The normalized spacial score (nSPS) is 13.5. The number of amidine groups is 1. The molecule has 1 aliphatic heterocycles. The lowest BCUT2D eigenvalue weighted by molar-refractivity contribution is -0.130. The monoisotopic (exact) mass is 419 g/mol. The van der Waals surface area contributed by atoms with Gasteiger partial charge in [-0.3, -0.25) is 9.59 Å². The van der Waals surface area contributed by atoms with Crippen molar-refractivity contribution in [2.24, 2.45) is 10.7 Å². The highest BCUT2D eigenvalue weighted by molar-refractivity contribution is 6.05. The predicted molar refractivity (Wildman–Crippen MR) is 124 cm³/mol. The van der Waals surface area contributed by atoms with Crippen LogP contribution in [0.5, 0.6) is 0 Å². The molecule has 0 unspecified atom stereocenters. The van der Waals surface area contributed by atoms with Gasteiger partial charge in [-0.25, -0.2) is 4.99 Å². The van der Waals surface area contributed by atoms with Crippen molar-refractivity contribution in [2.75, 3.05) is 13.1 Å². The largest absolute Gasteiger partial charge is 0.389 e. The van der Waals surface area contributed by atoms with E-state index in [4.69, 9.17) is 5.73 Å². The number of hydrogen-bond donors (Lipinski definition) is 2. The van der Waals surface area contributed by atoms with Crippen molar-refractivity contribution in [1.82, 2.24) is 4.90 Å². The lowest BCUT2D eigenvalue weighted by atomic mass is 10.00. The maximum atomic E-state index is 13.2. The van der Waals surface area contributed by atoms with Crippen LogP contribution in [0, 0.1) is 0 Å². The summed E-state index contributed by atoms with van der Waals surface area (Å²) in [4.78, 5) is 30.3. The molecule has 3 rings (SSSR count). The van der Waals surface area contributed by atoms with E-state index in [1.165, 1.54) is 0 Å². The number of fused-ring (bicyclic) bond motifs is 1. The summed E-state index contributed by atoms with van der Waals surface area (Å²) in [6, 6.07) is 13.1. The van der Waals surface area contributed by atoms with Gasteiger partial charge in [0.2, 0.25) is 5.91 Å². The minimum Gasteiger partial charge on any atom is -0.389 e. The number of aliphatic imine (C=N–C) groups is 1. The molecule has 0 aromatic heterocycles. The van der Waals surface area contributed by atoms with Crippen molar-refractivity contribution in [1.29, 1.82) is 0 Å². The Morgan fingerprint density at radius 1 is 1.19 bits per heavy atom. The summed E-state index contributed by atoms with van der Waals surface area (Å²) in [6.45, 7) is 6.19. The van der Waals surface area contributed by atoms with Gasteiger partial charge in [-0.1, -0.05) is 43.3 Å². The van der Waals surface area contributed by atoms with Gasteiger partial charge in [0.15, 0.2) is 0 Å². The smallest absolute Gasteiger partial charge is 0.250 e. The van der Waals surface area contributed by atoms with E-state index in [0.717, 1.165) is 29.4 Å². The number of carbonyl (C=O) groups excluding carboxylic acids is 2. The van der Waals surface area contributed by atoms with Crippen LogP contribution in [-0.2, 0) is 4.79 Å². The van der Waals surface area contributed by atoms with Crippen molar-refractivity contribution >= 4 is 29.8 Å². The first kappa shape index (κ1) is 22.4. The second-order valence-corrected chi connectivity index (χ2v) is 8.50. The highest BCUT2D eigenvalue weighted by Crippen LogP contribution is 2.32. The van der Waals surface area contributed by atoms with Crippen LogP contribution >= 0.6 is 0 Å². The van der Waals surface area contributed by atoms with Crippen LogP contribution in [0.2, 0.25) is 0 Å². The molecule has 0 bridgehead atoms. The number of rotatable bonds is 7. The number of nitrogens with two attached hydrogens (primary N) is 1. The lowest BCUT2D eigenvalue weighted by Crippen LogP contribution is -2.43. The predicted octanol–water partition coefficient (Wildman–Crippen LogP) is 3.95. The highest BCUT2D eigenvalue weighted by atomic mass is 16.3. The van der Waals surface area contributed by atoms with Gasteiger partial charge in [0.25, 0.3) is 0 Å². The Balaban J connectivity index is 1.95. The van der Waals surface area contributed by atoms with Crippen molar-refractivity contribution in [3.63, 3.8) is 0 Å². The first-order chi connectivity index (χ1) is 14.7. The van der Waals surface area contributed by atoms with E-state index in [-0.39, 0.29) is 18.9 Å². The van der Waals surface area contributed by atoms with Crippen molar-refractivity contribution in [3.8, 4) is 11.1 Å². The number of amides is 1. The first-order valence-electron chi connectivity index (χ1n) is 10.4. The maximum Gasteiger partial charge on any atom is 0.250 e. The lowest BCUT2D eigenvalue weighted by Gasteiger charge is -2.29. The summed E-state index contributed by atoms with van der Waals surface area (Å²) in [5, 5.41) is 10.2. The maximum absolute atomic E-state index is 13.2. The van der Waals surface area contributed by atoms with E-state index in [0.29, 0.717) is 29.2 Å². The van der Waals surface area contributed by atoms with Crippen LogP contribution in [0.15, 0.2) is 53.0 Å². The van der Waals surface area contributed by atoms with Gasteiger partial charge in [-0.05, 0) is 43.5 Å². The second-order valence-electron chi connectivity index (χ2n) is 8.50. The summed E-state index contributed by atoms with van der Waals surface area (Å²) in [5.41, 5.74) is 9.77. The van der Waals surface area contributed by atoms with E-state index in [2.05, 4.69) is 4.99 Å². The van der Waals surface area contributed by atoms with E-state index in [1.807, 2.05) is 43.3 Å². The zero-order valence-electron chi connectivity index (χ0n) is 18.3. The van der Waals surface area contributed by atoms with Crippen LogP contribution in [-0.4, -0.2) is 46.7 Å². The molecule has 3 N–H and O–H groups in total. The van der Waals surface area contributed by atoms with Gasteiger partial charge in [-0.2, -0.15) is 0 Å². The number of nitrogens with zero attached hydrogens (tertiary/aromatic N) is 2. The highest BCUT2D eigenvalue weighted by Gasteiger charge is 2.26. The van der Waals surface area contributed by atoms with Crippen molar-refractivity contribution in [2.45, 2.75) is 39.2 Å². The van der Waals surface area contributed by atoms with Gasteiger partial charge in [-0.15, -0.1) is 0 Å². The number of hydrogen-bond acceptors (Lipinski definition) is 5. The Hall–Kier alpha value is -3.25. The minimum absolute atomic E-state index is 0.136. The molecule has 0 radical (unpaired) electrons. The first-order valence-corrected chi connectivity index (χ1v) is 10.4. The van der Waals surface area contributed by atoms with Crippen LogP contribution in [0.25, 0.3) is 17.2 Å². The molecule has 0 saturated heterocycles. The van der Waals surface area contributed by atoms with Gasteiger partial charge in [0.05, 0.1) is 11.3 Å². The Labute approximate surface area is 183 Å². The van der Waals surface area contributed by atoms with Crippen molar-refractivity contribution in [3.05, 3.63) is 59.2 Å². The molecule has 1 aliphatic rings. The molecule has 0 saturated carbocycles. The molecule has 2 aromatic rings. The molecule has 6 nitrogen and oxygen atoms in total. The van der Waals surface area contributed by atoms with E-state index >= 15 is 0 Å². The number of aldehydes is 1. The average Bonchev–Trinajstić information content (AvgIpc) is 2.89. The fourth-order valence-corrected chi connectivity index (χ4v) is 3.65. The molecule has 6 heteroatoms. The summed E-state index contributed by atoms with van der Waals surface area (Å²) < 4.78 is 0. The topological polar surface area (TPSA) is 96.0 Å². The Morgan fingerprint density at radius 3 is 2.48 bits per heavy atom. The van der Waals surface area contributed by atoms with Crippen LogP contribution in [0.3, 0.4) is 0 Å². The molecule has 0 atom stereocenters. The van der Waals surface area contributed by atoms with Gasteiger partial charge in [0.1, 0.15) is 12.1 Å². The molecular weight excluding hydrogens is 390 g/mol.